The highest BCUT2D eigenvalue weighted by Crippen LogP contribution is 2.39. The first-order valence-electron chi connectivity index (χ1n) is 13.5. The van der Waals surface area contributed by atoms with Gasteiger partial charge >= 0.3 is 0 Å². The summed E-state index contributed by atoms with van der Waals surface area (Å²) in [5, 5.41) is 3.02. The first kappa shape index (κ1) is 29.1. The van der Waals surface area contributed by atoms with Crippen LogP contribution < -0.4 is 10.9 Å². The number of carbonyl (C=O) groups is 1. The molecule has 0 spiro atoms. The van der Waals surface area contributed by atoms with Gasteiger partial charge in [-0.15, -0.1) is 0 Å². The molecule has 1 aromatic heterocycles. The Hall–Kier alpha value is -2.88. The highest BCUT2D eigenvalue weighted by molar-refractivity contribution is 6.74. The Kier molecular flexibility index (Phi) is 8.17. The predicted molar refractivity (Wildman–Crippen MR) is 155 cm³/mol. The molecule has 39 heavy (non-hydrogen) atoms. The Morgan fingerprint density at radius 3 is 2.59 bits per heavy atom. The van der Waals surface area contributed by atoms with Crippen molar-refractivity contribution in [2.75, 3.05) is 20.3 Å². The molecular formula is C30H40FN3O4Si. The van der Waals surface area contributed by atoms with E-state index in [2.05, 4.69) is 39.2 Å². The Bertz CT molecular complexity index is 1460. The fourth-order valence-electron chi connectivity index (χ4n) is 4.93. The number of hydrogen-bond acceptors (Lipinski definition) is 5. The Balaban J connectivity index is 1.73. The van der Waals surface area contributed by atoms with Crippen LogP contribution >= 0.6 is 0 Å². The Labute approximate surface area is 230 Å². The molecule has 1 amide bonds. The van der Waals surface area contributed by atoms with E-state index in [9.17, 15) is 14.0 Å². The van der Waals surface area contributed by atoms with Gasteiger partial charge in [0.25, 0.3) is 11.5 Å². The molecule has 0 radical (unpaired) electrons. The summed E-state index contributed by atoms with van der Waals surface area (Å²) in [5.41, 5.74) is 4.14. The first-order chi connectivity index (χ1) is 18.2. The number of hydrogen-bond donors (Lipinski definition) is 1. The van der Waals surface area contributed by atoms with Crippen molar-refractivity contribution >= 4 is 25.1 Å². The van der Waals surface area contributed by atoms with Gasteiger partial charge in [0.05, 0.1) is 41.5 Å². The molecule has 3 aromatic rings. The highest BCUT2D eigenvalue weighted by atomic mass is 28.4. The van der Waals surface area contributed by atoms with Crippen LogP contribution in [-0.4, -0.2) is 50.1 Å². The molecule has 210 valence electrons. The fraction of sp³-hybridized carbons (Fsp3) is 0.500. The molecule has 1 fully saturated rings. The molecule has 0 bridgehead atoms. The third-order valence-corrected chi connectivity index (χ3v) is 13.0. The fourth-order valence-corrected chi connectivity index (χ4v) is 6.26. The average molecular weight is 554 g/mol. The number of amides is 1. The van der Waals surface area contributed by atoms with Crippen molar-refractivity contribution in [2.45, 2.75) is 77.7 Å². The minimum atomic E-state index is -2.10. The third-order valence-electron chi connectivity index (χ3n) is 8.53. The van der Waals surface area contributed by atoms with Gasteiger partial charge in [0, 0.05) is 13.7 Å². The molecule has 0 saturated carbocycles. The van der Waals surface area contributed by atoms with E-state index in [0.717, 1.165) is 22.3 Å². The molecule has 1 N–H and O–H groups in total. The largest absolute Gasteiger partial charge is 0.409 e. The molecule has 7 nitrogen and oxygen atoms in total. The highest BCUT2D eigenvalue weighted by Gasteiger charge is 2.42. The van der Waals surface area contributed by atoms with Crippen molar-refractivity contribution in [3.8, 4) is 0 Å². The van der Waals surface area contributed by atoms with Crippen LogP contribution in [0, 0.1) is 19.7 Å². The molecule has 0 aliphatic carbocycles. The normalized spacial score (nSPS) is 18.4. The lowest BCUT2D eigenvalue weighted by atomic mass is 9.94. The van der Waals surface area contributed by atoms with Gasteiger partial charge in [0.15, 0.2) is 8.32 Å². The number of ether oxygens (including phenoxy) is 1. The number of fused-ring (bicyclic) bond motifs is 1. The van der Waals surface area contributed by atoms with Gasteiger partial charge in [-0.1, -0.05) is 26.8 Å². The van der Waals surface area contributed by atoms with Gasteiger partial charge in [0.2, 0.25) is 0 Å². The summed E-state index contributed by atoms with van der Waals surface area (Å²) in [6.45, 7) is 16.0. The maximum atomic E-state index is 14.6. The lowest BCUT2D eigenvalue weighted by molar-refractivity contribution is -0.0327. The number of nitrogens with one attached hydrogen (secondary N) is 1. The molecule has 1 aliphatic rings. The zero-order chi connectivity index (χ0) is 28.7. The van der Waals surface area contributed by atoms with Crippen LogP contribution in [0.3, 0.4) is 0 Å². The molecule has 1 saturated heterocycles. The molecule has 1 aliphatic heterocycles. The molecule has 4 rings (SSSR count). The van der Waals surface area contributed by atoms with Gasteiger partial charge in [-0.25, -0.2) is 9.37 Å². The van der Waals surface area contributed by atoms with Gasteiger partial charge in [-0.05, 0) is 85.3 Å². The van der Waals surface area contributed by atoms with Crippen molar-refractivity contribution in [1.82, 2.24) is 14.9 Å². The summed E-state index contributed by atoms with van der Waals surface area (Å²) >= 11 is 0. The second-order valence-corrected chi connectivity index (χ2v) is 16.8. The maximum Gasteiger partial charge on any atom is 0.261 e. The molecule has 9 heteroatoms. The van der Waals surface area contributed by atoms with E-state index in [1.807, 2.05) is 19.9 Å². The van der Waals surface area contributed by atoms with Crippen LogP contribution in [-0.2, 0) is 15.6 Å². The maximum absolute atomic E-state index is 14.6. The van der Waals surface area contributed by atoms with E-state index in [0.29, 0.717) is 37.0 Å². The summed E-state index contributed by atoms with van der Waals surface area (Å²) < 4.78 is 28.9. The minimum Gasteiger partial charge on any atom is -0.409 e. The van der Waals surface area contributed by atoms with Crippen molar-refractivity contribution < 1.29 is 18.3 Å². The zero-order valence-electron chi connectivity index (χ0n) is 24.3. The van der Waals surface area contributed by atoms with Crippen molar-refractivity contribution in [3.05, 3.63) is 74.6 Å². The third kappa shape index (κ3) is 5.71. The summed E-state index contributed by atoms with van der Waals surface area (Å²) in [4.78, 5) is 30.6. The lowest BCUT2D eigenvalue weighted by Crippen LogP contribution is -2.50. The van der Waals surface area contributed by atoms with E-state index in [1.54, 1.807) is 17.0 Å². The molecule has 2 heterocycles. The Morgan fingerprint density at radius 1 is 1.23 bits per heavy atom. The zero-order valence-corrected chi connectivity index (χ0v) is 25.3. The summed E-state index contributed by atoms with van der Waals surface area (Å²) in [6.07, 6.45) is 2.52. The van der Waals surface area contributed by atoms with Crippen LogP contribution in [0.5, 0.6) is 0 Å². The van der Waals surface area contributed by atoms with Crippen LogP contribution in [0.4, 0.5) is 4.39 Å². The van der Waals surface area contributed by atoms with Gasteiger partial charge in [-0.3, -0.25) is 14.2 Å². The Morgan fingerprint density at radius 2 is 1.95 bits per heavy atom. The van der Waals surface area contributed by atoms with E-state index >= 15 is 0 Å². The number of benzene rings is 2. The first-order valence-corrected chi connectivity index (χ1v) is 16.4. The van der Waals surface area contributed by atoms with Crippen molar-refractivity contribution in [1.29, 1.82) is 0 Å². The van der Waals surface area contributed by atoms with E-state index in [1.165, 1.54) is 19.2 Å². The number of rotatable bonds is 6. The smallest absolute Gasteiger partial charge is 0.261 e. The second kappa shape index (κ2) is 10.9. The molecule has 2 atom stereocenters. The quantitative estimate of drug-likeness (QED) is 0.410. The van der Waals surface area contributed by atoms with Crippen molar-refractivity contribution in [3.63, 3.8) is 0 Å². The number of halogens is 1. The topological polar surface area (TPSA) is 82.5 Å². The number of aromatic nitrogens is 2. The van der Waals surface area contributed by atoms with Crippen LogP contribution in [0.2, 0.25) is 18.1 Å². The average Bonchev–Trinajstić information content (AvgIpc) is 2.87. The standard InChI is InChI=1S/C30H40FN3O4Si/c1-18-19(2)27-23(15-21(18)13-20-9-10-22(24(31)14-20)28(35)32-6)29(36)34(17-33-27)25-11-12-37-16-26(25)38-39(7,8)30(3,4)5/h9-10,14-15,17,25-26H,11-13,16H2,1-8H3,(H,32,35)/t25-,26-/m0/s1. The van der Waals surface area contributed by atoms with Gasteiger partial charge in [0.1, 0.15) is 5.82 Å². The van der Waals surface area contributed by atoms with Crippen LogP contribution in [0.15, 0.2) is 35.4 Å². The van der Waals surface area contributed by atoms with E-state index in [4.69, 9.17) is 14.1 Å². The molecule has 0 unspecified atom stereocenters. The lowest BCUT2D eigenvalue weighted by Gasteiger charge is -2.43. The second-order valence-electron chi connectivity index (χ2n) is 12.1. The molecular weight excluding hydrogens is 513 g/mol. The van der Waals surface area contributed by atoms with Gasteiger partial charge < -0.3 is 14.5 Å². The summed E-state index contributed by atoms with van der Waals surface area (Å²) in [6, 6.07) is 6.34. The minimum absolute atomic E-state index is 0.00526. The SMILES string of the molecule is CNC(=O)c1ccc(Cc2cc3c(=O)n([C@H]4CCOC[C@@H]4O[Si](C)(C)C(C)(C)C)cnc3c(C)c2C)cc1F. The molecule has 2 aromatic carbocycles. The number of carbonyl (C=O) groups excluding carboxylic acids is 1. The summed E-state index contributed by atoms with van der Waals surface area (Å²) in [5.74, 6) is -1.04. The van der Waals surface area contributed by atoms with Crippen molar-refractivity contribution in [2.24, 2.45) is 0 Å². The van der Waals surface area contributed by atoms with Crippen LogP contribution in [0.1, 0.15) is 65.8 Å². The van der Waals surface area contributed by atoms with E-state index < -0.39 is 20.0 Å². The monoisotopic (exact) mass is 553 g/mol. The summed E-state index contributed by atoms with van der Waals surface area (Å²) in [7, 11) is -0.625. The van der Waals surface area contributed by atoms with Crippen LogP contribution in [0.25, 0.3) is 10.9 Å². The number of aryl methyl sites for hydroxylation is 1. The van der Waals surface area contributed by atoms with E-state index in [-0.39, 0.29) is 28.3 Å². The predicted octanol–water partition coefficient (Wildman–Crippen LogP) is 5.45. The van der Waals surface area contributed by atoms with Gasteiger partial charge in [-0.2, -0.15) is 0 Å². The number of nitrogens with zero attached hydrogens (tertiary/aromatic N) is 2.